The maximum Gasteiger partial charge on any atom is 0.306 e. The fourth-order valence-electron chi connectivity index (χ4n) is 3.37. The largest absolute Gasteiger partial charge is 0.466 e. The van der Waals surface area contributed by atoms with Gasteiger partial charge < -0.3 is 10.1 Å². The molecule has 0 saturated carbocycles. The van der Waals surface area contributed by atoms with Crippen molar-refractivity contribution < 1.29 is 14.3 Å². The highest BCUT2D eigenvalue weighted by atomic mass is 32.2. The number of carbonyl (C=O) groups excluding carboxylic acids is 2. The predicted molar refractivity (Wildman–Crippen MR) is 129 cm³/mol. The molecule has 1 atom stereocenters. The molecular formula is C25H30N4O3S. The number of rotatable bonds is 10. The van der Waals surface area contributed by atoms with Crippen molar-refractivity contribution in [1.29, 1.82) is 0 Å². The maximum atomic E-state index is 12.4. The Hall–Kier alpha value is -3.13. The molecule has 1 amide bonds. The average molecular weight is 467 g/mol. The highest BCUT2D eigenvalue weighted by Crippen LogP contribution is 2.28. The van der Waals surface area contributed by atoms with Crippen LogP contribution in [0.5, 0.6) is 0 Å². The molecule has 0 aliphatic rings. The molecule has 3 rings (SSSR count). The lowest BCUT2D eigenvalue weighted by molar-refractivity contribution is -0.144. The van der Waals surface area contributed by atoms with Gasteiger partial charge in [0.1, 0.15) is 0 Å². The predicted octanol–water partition coefficient (Wildman–Crippen LogP) is 4.70. The number of aromatic nitrogens is 3. The first-order chi connectivity index (χ1) is 15.9. The van der Waals surface area contributed by atoms with Gasteiger partial charge in [0.15, 0.2) is 11.0 Å². The third kappa shape index (κ3) is 6.92. The minimum absolute atomic E-state index is 0.0502. The summed E-state index contributed by atoms with van der Waals surface area (Å²) in [6.45, 7) is 8.03. The summed E-state index contributed by atoms with van der Waals surface area (Å²) in [5.74, 6) is 0.780. The molecular weight excluding hydrogens is 436 g/mol. The Morgan fingerprint density at radius 3 is 2.52 bits per heavy atom. The van der Waals surface area contributed by atoms with Gasteiger partial charge in [-0.3, -0.25) is 14.2 Å². The molecule has 0 aliphatic carbocycles. The summed E-state index contributed by atoms with van der Waals surface area (Å²) in [5.41, 5.74) is 4.51. The second-order valence-electron chi connectivity index (χ2n) is 7.88. The number of esters is 1. The molecule has 0 fully saturated rings. The van der Waals surface area contributed by atoms with Gasteiger partial charge in [0.05, 0.1) is 19.1 Å². The average Bonchev–Trinajstić information content (AvgIpc) is 3.21. The van der Waals surface area contributed by atoms with Crippen LogP contribution in [0.25, 0.3) is 5.69 Å². The molecule has 0 aliphatic heterocycles. The molecule has 1 aromatic heterocycles. The molecule has 0 saturated heterocycles. The molecule has 1 N–H and O–H groups in total. The van der Waals surface area contributed by atoms with E-state index in [1.807, 2.05) is 42.7 Å². The second kappa shape index (κ2) is 11.7. The Labute approximate surface area is 198 Å². The number of hydrogen-bond acceptors (Lipinski definition) is 6. The Bertz CT molecular complexity index is 1100. The van der Waals surface area contributed by atoms with Crippen molar-refractivity contribution in [3.05, 3.63) is 71.0 Å². The molecule has 1 unspecified atom stereocenters. The molecule has 0 bridgehead atoms. The number of aryl methyl sites for hydroxylation is 2. The molecule has 33 heavy (non-hydrogen) atoms. The summed E-state index contributed by atoms with van der Waals surface area (Å²) in [4.78, 5) is 23.9. The van der Waals surface area contributed by atoms with E-state index in [4.69, 9.17) is 4.74 Å². The first-order valence-electron chi connectivity index (χ1n) is 11.0. The Kier molecular flexibility index (Phi) is 8.65. The molecule has 0 spiro atoms. The van der Waals surface area contributed by atoms with Gasteiger partial charge >= 0.3 is 5.97 Å². The van der Waals surface area contributed by atoms with Gasteiger partial charge in [-0.25, -0.2) is 0 Å². The molecule has 2 aromatic carbocycles. The van der Waals surface area contributed by atoms with E-state index < -0.39 is 0 Å². The van der Waals surface area contributed by atoms with Crippen LogP contribution in [0.4, 0.5) is 0 Å². The first-order valence-corrected chi connectivity index (χ1v) is 12.0. The molecule has 0 radical (unpaired) electrons. The van der Waals surface area contributed by atoms with Gasteiger partial charge in [0.2, 0.25) is 5.91 Å². The normalized spacial score (nSPS) is 11.8. The molecule has 7 nitrogen and oxygen atoms in total. The summed E-state index contributed by atoms with van der Waals surface area (Å²) in [5, 5.41) is 12.5. The summed E-state index contributed by atoms with van der Waals surface area (Å²) in [6.07, 6.45) is 0.117. The topological polar surface area (TPSA) is 86.1 Å². The number of ether oxygens (including phenoxy) is 1. The van der Waals surface area contributed by atoms with E-state index in [-0.39, 0.29) is 30.8 Å². The molecule has 3 aromatic rings. The van der Waals surface area contributed by atoms with Crippen LogP contribution in [0.1, 0.15) is 55.2 Å². The number of hydrogen-bond donors (Lipinski definition) is 1. The van der Waals surface area contributed by atoms with E-state index in [0.717, 1.165) is 22.2 Å². The van der Waals surface area contributed by atoms with Gasteiger partial charge in [-0.05, 0) is 45.4 Å². The van der Waals surface area contributed by atoms with E-state index in [9.17, 15) is 9.59 Å². The standard InChI is InChI=1S/C25H30N4O3S/c1-5-32-23(31)14-13-22(30)26-19(4)24-27-28-25(29(24)21-11-9-17(2)10-12-21)33-16-20-8-6-7-18(3)15-20/h6-12,15,19H,5,13-14,16H2,1-4H3,(H,26,30). The third-order valence-corrected chi connectivity index (χ3v) is 6.03. The highest BCUT2D eigenvalue weighted by Gasteiger charge is 2.21. The Balaban J connectivity index is 1.79. The fourth-order valence-corrected chi connectivity index (χ4v) is 4.27. The van der Waals surface area contributed by atoms with Crippen LogP contribution in [-0.2, 0) is 20.1 Å². The fraction of sp³-hybridized carbons (Fsp3) is 0.360. The number of thioether (sulfide) groups is 1. The van der Waals surface area contributed by atoms with Crippen LogP contribution >= 0.6 is 11.8 Å². The van der Waals surface area contributed by atoms with Crippen LogP contribution in [-0.4, -0.2) is 33.2 Å². The minimum atomic E-state index is -0.387. The van der Waals surface area contributed by atoms with E-state index >= 15 is 0 Å². The van der Waals surface area contributed by atoms with Crippen LogP contribution in [0.3, 0.4) is 0 Å². The first kappa shape index (κ1) is 24.5. The van der Waals surface area contributed by atoms with Crippen molar-refractivity contribution in [1.82, 2.24) is 20.1 Å². The Morgan fingerprint density at radius 1 is 1.06 bits per heavy atom. The van der Waals surface area contributed by atoms with Crippen molar-refractivity contribution in [2.75, 3.05) is 6.61 Å². The zero-order chi connectivity index (χ0) is 23.8. The van der Waals surface area contributed by atoms with Gasteiger partial charge in [0.25, 0.3) is 0 Å². The van der Waals surface area contributed by atoms with Crippen LogP contribution in [0.2, 0.25) is 0 Å². The zero-order valence-electron chi connectivity index (χ0n) is 19.5. The van der Waals surface area contributed by atoms with Gasteiger partial charge in [-0.2, -0.15) is 0 Å². The second-order valence-corrected chi connectivity index (χ2v) is 8.83. The summed E-state index contributed by atoms with van der Waals surface area (Å²) >= 11 is 1.60. The molecule has 174 valence electrons. The minimum Gasteiger partial charge on any atom is -0.466 e. The number of benzene rings is 2. The van der Waals surface area contributed by atoms with Crippen LogP contribution < -0.4 is 5.32 Å². The van der Waals surface area contributed by atoms with Crippen molar-refractivity contribution in [3.8, 4) is 5.69 Å². The van der Waals surface area contributed by atoms with Gasteiger partial charge in [-0.15, -0.1) is 10.2 Å². The van der Waals surface area contributed by atoms with E-state index in [1.165, 1.54) is 11.1 Å². The van der Waals surface area contributed by atoms with Crippen molar-refractivity contribution >= 4 is 23.6 Å². The number of carbonyl (C=O) groups is 2. The lowest BCUT2D eigenvalue weighted by Gasteiger charge is -2.16. The van der Waals surface area contributed by atoms with Crippen LogP contribution in [0, 0.1) is 13.8 Å². The van der Waals surface area contributed by atoms with Crippen molar-refractivity contribution in [2.45, 2.75) is 57.5 Å². The monoisotopic (exact) mass is 466 g/mol. The number of amides is 1. The lowest BCUT2D eigenvalue weighted by atomic mass is 10.2. The number of nitrogens with one attached hydrogen (secondary N) is 1. The Morgan fingerprint density at radius 2 is 1.82 bits per heavy atom. The highest BCUT2D eigenvalue weighted by molar-refractivity contribution is 7.98. The molecule has 1 heterocycles. The van der Waals surface area contributed by atoms with Crippen molar-refractivity contribution in [2.24, 2.45) is 0 Å². The van der Waals surface area contributed by atoms with Crippen LogP contribution in [0.15, 0.2) is 53.7 Å². The van der Waals surface area contributed by atoms with Gasteiger partial charge in [0, 0.05) is 17.9 Å². The van der Waals surface area contributed by atoms with E-state index in [1.54, 1.807) is 18.7 Å². The van der Waals surface area contributed by atoms with E-state index in [2.05, 4.69) is 46.7 Å². The third-order valence-electron chi connectivity index (χ3n) is 5.03. The van der Waals surface area contributed by atoms with Gasteiger partial charge in [-0.1, -0.05) is 59.3 Å². The maximum absolute atomic E-state index is 12.4. The summed E-state index contributed by atoms with van der Waals surface area (Å²) < 4.78 is 6.88. The quantitative estimate of drug-likeness (QED) is 0.344. The summed E-state index contributed by atoms with van der Waals surface area (Å²) in [7, 11) is 0. The summed E-state index contributed by atoms with van der Waals surface area (Å²) in [6, 6.07) is 16.1. The lowest BCUT2D eigenvalue weighted by Crippen LogP contribution is -2.29. The smallest absolute Gasteiger partial charge is 0.306 e. The van der Waals surface area contributed by atoms with E-state index in [0.29, 0.717) is 12.4 Å². The SMILES string of the molecule is CCOC(=O)CCC(=O)NC(C)c1nnc(SCc2cccc(C)c2)n1-c1ccc(C)cc1. The number of nitrogens with zero attached hydrogens (tertiary/aromatic N) is 3. The zero-order valence-corrected chi connectivity index (χ0v) is 20.3. The molecule has 8 heteroatoms. The van der Waals surface area contributed by atoms with Crippen molar-refractivity contribution in [3.63, 3.8) is 0 Å².